The maximum Gasteiger partial charge on any atom is 0.278 e. The molecule has 0 bridgehead atoms. The lowest BCUT2D eigenvalue weighted by Crippen LogP contribution is -2.13. The zero-order valence-corrected chi connectivity index (χ0v) is 10.8. The van der Waals surface area contributed by atoms with E-state index in [-0.39, 0.29) is 17.0 Å². The highest BCUT2D eigenvalue weighted by molar-refractivity contribution is 6.06. The van der Waals surface area contributed by atoms with Gasteiger partial charge >= 0.3 is 0 Å². The topological polar surface area (TPSA) is 68.0 Å². The summed E-state index contributed by atoms with van der Waals surface area (Å²) in [6.07, 6.45) is 4.22. The van der Waals surface area contributed by atoms with Crippen LogP contribution in [0, 0.1) is 5.82 Å². The molecule has 3 aromatic rings. The van der Waals surface area contributed by atoms with Gasteiger partial charge in [-0.15, -0.1) is 0 Å². The van der Waals surface area contributed by atoms with Gasteiger partial charge in [0, 0.05) is 18.1 Å². The monoisotopic (exact) mass is 283 g/mol. The van der Waals surface area contributed by atoms with Crippen LogP contribution in [0.1, 0.15) is 10.5 Å². The van der Waals surface area contributed by atoms with E-state index in [0.717, 1.165) is 6.39 Å². The molecule has 1 amide bonds. The first kappa shape index (κ1) is 13.0. The number of anilines is 1. The van der Waals surface area contributed by atoms with Crippen molar-refractivity contribution in [2.45, 2.75) is 0 Å². The lowest BCUT2D eigenvalue weighted by molar-refractivity contribution is 0.102. The Kier molecular flexibility index (Phi) is 3.42. The van der Waals surface area contributed by atoms with E-state index in [4.69, 9.17) is 4.42 Å². The average molecular weight is 283 g/mol. The van der Waals surface area contributed by atoms with Gasteiger partial charge in [0.05, 0.1) is 5.56 Å². The number of aromatic nitrogens is 2. The molecule has 0 saturated heterocycles. The summed E-state index contributed by atoms with van der Waals surface area (Å²) in [5, 5.41) is 2.65. The summed E-state index contributed by atoms with van der Waals surface area (Å²) in [6, 6.07) is 9.32. The summed E-state index contributed by atoms with van der Waals surface area (Å²) in [5.41, 5.74) is 0.782. The van der Waals surface area contributed by atoms with Crippen molar-refractivity contribution in [3.05, 3.63) is 66.7 Å². The van der Waals surface area contributed by atoms with Gasteiger partial charge in [0.1, 0.15) is 5.82 Å². The zero-order chi connectivity index (χ0) is 14.7. The maximum atomic E-state index is 13.8. The van der Waals surface area contributed by atoms with E-state index in [1.165, 1.54) is 12.1 Å². The Morgan fingerprint density at radius 2 is 1.90 bits per heavy atom. The number of pyridine rings is 1. The van der Waals surface area contributed by atoms with E-state index in [1.807, 2.05) is 0 Å². The zero-order valence-electron chi connectivity index (χ0n) is 10.8. The predicted molar refractivity (Wildman–Crippen MR) is 74.1 cm³/mol. The van der Waals surface area contributed by atoms with Crippen molar-refractivity contribution in [2.24, 2.45) is 0 Å². The first-order valence-corrected chi connectivity index (χ1v) is 6.15. The molecule has 0 aliphatic rings. The number of carbonyl (C=O) groups excluding carboxylic acids is 1. The van der Waals surface area contributed by atoms with Gasteiger partial charge < -0.3 is 9.73 Å². The van der Waals surface area contributed by atoms with Gasteiger partial charge in [-0.25, -0.2) is 9.37 Å². The molecule has 5 nitrogen and oxygen atoms in total. The van der Waals surface area contributed by atoms with Gasteiger partial charge in [0.25, 0.3) is 5.91 Å². The standard InChI is InChI=1S/C15H10FN3O2/c16-12-4-2-1-3-11(12)14-13(18-9-21-14)15(20)19-10-5-7-17-8-6-10/h1-9H,(H,17,19,20). The Balaban J connectivity index is 1.93. The lowest BCUT2D eigenvalue weighted by atomic mass is 10.1. The van der Waals surface area contributed by atoms with Crippen LogP contribution < -0.4 is 5.32 Å². The number of hydrogen-bond acceptors (Lipinski definition) is 4. The summed E-state index contributed by atoms with van der Waals surface area (Å²) in [7, 11) is 0. The smallest absolute Gasteiger partial charge is 0.278 e. The van der Waals surface area contributed by atoms with Crippen LogP contribution in [-0.2, 0) is 0 Å². The normalized spacial score (nSPS) is 10.3. The highest BCUT2D eigenvalue weighted by Gasteiger charge is 2.20. The summed E-state index contributed by atoms with van der Waals surface area (Å²) < 4.78 is 19.0. The van der Waals surface area contributed by atoms with Crippen LogP contribution in [0.5, 0.6) is 0 Å². The molecule has 0 spiro atoms. The van der Waals surface area contributed by atoms with E-state index in [2.05, 4.69) is 15.3 Å². The number of nitrogens with zero attached hydrogens (tertiary/aromatic N) is 2. The molecule has 104 valence electrons. The number of halogens is 1. The highest BCUT2D eigenvalue weighted by Crippen LogP contribution is 2.26. The maximum absolute atomic E-state index is 13.8. The minimum Gasteiger partial charge on any atom is -0.443 e. The minimum atomic E-state index is -0.479. The molecule has 6 heteroatoms. The average Bonchev–Trinajstić information content (AvgIpc) is 2.98. The van der Waals surface area contributed by atoms with E-state index in [0.29, 0.717) is 5.69 Å². The van der Waals surface area contributed by atoms with Crippen LogP contribution in [0.15, 0.2) is 59.6 Å². The third kappa shape index (κ3) is 2.64. The van der Waals surface area contributed by atoms with Crippen molar-refractivity contribution in [3.8, 4) is 11.3 Å². The largest absolute Gasteiger partial charge is 0.443 e. The van der Waals surface area contributed by atoms with Crippen LogP contribution in [0.2, 0.25) is 0 Å². The van der Waals surface area contributed by atoms with Crippen molar-refractivity contribution in [1.82, 2.24) is 9.97 Å². The number of hydrogen-bond donors (Lipinski definition) is 1. The van der Waals surface area contributed by atoms with Crippen LogP contribution in [0.4, 0.5) is 10.1 Å². The Labute approximate surface area is 119 Å². The van der Waals surface area contributed by atoms with E-state index >= 15 is 0 Å². The lowest BCUT2D eigenvalue weighted by Gasteiger charge is -2.04. The van der Waals surface area contributed by atoms with Crippen LogP contribution in [-0.4, -0.2) is 15.9 Å². The van der Waals surface area contributed by atoms with Crippen molar-refractivity contribution >= 4 is 11.6 Å². The molecule has 0 unspecified atom stereocenters. The fourth-order valence-electron chi connectivity index (χ4n) is 1.87. The van der Waals surface area contributed by atoms with E-state index in [9.17, 15) is 9.18 Å². The molecule has 2 aromatic heterocycles. The Bertz CT molecular complexity index is 771. The number of rotatable bonds is 3. The van der Waals surface area contributed by atoms with Crippen LogP contribution in [0.3, 0.4) is 0 Å². The fraction of sp³-hybridized carbons (Fsp3) is 0. The van der Waals surface area contributed by atoms with Crippen LogP contribution >= 0.6 is 0 Å². The van der Waals surface area contributed by atoms with E-state index < -0.39 is 11.7 Å². The number of nitrogens with one attached hydrogen (secondary N) is 1. The SMILES string of the molecule is O=C(Nc1ccncc1)c1ncoc1-c1ccccc1F. The molecule has 3 rings (SSSR count). The Morgan fingerprint density at radius 1 is 1.14 bits per heavy atom. The van der Waals surface area contributed by atoms with Crippen LogP contribution in [0.25, 0.3) is 11.3 Å². The van der Waals surface area contributed by atoms with E-state index in [1.54, 1.807) is 36.7 Å². The van der Waals surface area contributed by atoms with Gasteiger partial charge in [0.15, 0.2) is 17.8 Å². The molecular weight excluding hydrogens is 273 g/mol. The van der Waals surface area contributed by atoms with Crippen molar-refractivity contribution in [2.75, 3.05) is 5.32 Å². The summed E-state index contributed by atoms with van der Waals surface area (Å²) in [6.45, 7) is 0. The summed E-state index contributed by atoms with van der Waals surface area (Å²) in [4.78, 5) is 19.9. The number of oxazole rings is 1. The molecule has 21 heavy (non-hydrogen) atoms. The molecule has 0 radical (unpaired) electrons. The third-order valence-corrected chi connectivity index (χ3v) is 2.84. The molecule has 1 N–H and O–H groups in total. The molecule has 0 atom stereocenters. The third-order valence-electron chi connectivity index (χ3n) is 2.84. The fourth-order valence-corrected chi connectivity index (χ4v) is 1.87. The van der Waals surface area contributed by atoms with Crippen molar-refractivity contribution in [3.63, 3.8) is 0 Å². The van der Waals surface area contributed by atoms with Gasteiger partial charge in [-0.2, -0.15) is 0 Å². The number of amides is 1. The highest BCUT2D eigenvalue weighted by atomic mass is 19.1. The predicted octanol–water partition coefficient (Wildman–Crippen LogP) is 3.13. The summed E-state index contributed by atoms with van der Waals surface area (Å²) in [5.74, 6) is -0.861. The quantitative estimate of drug-likeness (QED) is 0.801. The first-order valence-electron chi connectivity index (χ1n) is 6.15. The van der Waals surface area contributed by atoms with Gasteiger partial charge in [-0.3, -0.25) is 9.78 Å². The first-order chi connectivity index (χ1) is 10.3. The van der Waals surface area contributed by atoms with Gasteiger partial charge in [0.2, 0.25) is 0 Å². The minimum absolute atomic E-state index is 0.0249. The molecule has 0 aliphatic carbocycles. The second-order valence-corrected chi connectivity index (χ2v) is 4.20. The molecule has 0 saturated carbocycles. The molecule has 0 aliphatic heterocycles. The van der Waals surface area contributed by atoms with Gasteiger partial charge in [-0.05, 0) is 24.3 Å². The number of carbonyl (C=O) groups is 1. The van der Waals surface area contributed by atoms with Crippen molar-refractivity contribution < 1.29 is 13.6 Å². The number of benzene rings is 1. The second-order valence-electron chi connectivity index (χ2n) is 4.20. The Morgan fingerprint density at radius 3 is 2.67 bits per heavy atom. The molecule has 0 fully saturated rings. The molecule has 2 heterocycles. The second kappa shape index (κ2) is 5.54. The van der Waals surface area contributed by atoms with Crippen molar-refractivity contribution in [1.29, 1.82) is 0 Å². The summed E-state index contributed by atoms with van der Waals surface area (Å²) >= 11 is 0. The molecular formula is C15H10FN3O2. The Hall–Kier alpha value is -3.02. The molecule has 1 aromatic carbocycles. The van der Waals surface area contributed by atoms with Gasteiger partial charge in [-0.1, -0.05) is 12.1 Å².